The molecule has 0 aromatic carbocycles. The number of aliphatic hydroxyl groups excluding tert-OH is 1. The molecule has 170 valence electrons. The zero-order valence-electron chi connectivity index (χ0n) is 18.5. The second-order valence-electron chi connectivity index (χ2n) is 8.12. The fraction of sp³-hybridized carbons (Fsp3) is 0.524. The van der Waals surface area contributed by atoms with Crippen LogP contribution in [0.15, 0.2) is 16.9 Å². The Morgan fingerprint density at radius 2 is 1.74 bits per heavy atom. The van der Waals surface area contributed by atoms with Crippen molar-refractivity contribution in [3.05, 3.63) is 38.8 Å². The highest BCUT2D eigenvalue weighted by Crippen LogP contribution is 2.21. The number of aryl methyl sites for hydroxylation is 1. The molecule has 31 heavy (non-hydrogen) atoms. The molecule has 3 heterocycles. The molecule has 1 fully saturated rings. The van der Waals surface area contributed by atoms with Crippen molar-refractivity contribution in [3.8, 4) is 0 Å². The van der Waals surface area contributed by atoms with Crippen LogP contribution >= 0.6 is 11.6 Å². The van der Waals surface area contributed by atoms with Crippen LogP contribution in [0.5, 0.6) is 0 Å². The van der Waals surface area contributed by atoms with Gasteiger partial charge in [0, 0.05) is 38.3 Å². The van der Waals surface area contributed by atoms with E-state index in [1.165, 1.54) is 0 Å². The number of ether oxygens (including phenoxy) is 1. The van der Waals surface area contributed by atoms with E-state index in [1.54, 1.807) is 35.8 Å². The van der Waals surface area contributed by atoms with Crippen LogP contribution in [0.25, 0.3) is 11.0 Å². The van der Waals surface area contributed by atoms with Crippen molar-refractivity contribution in [1.29, 1.82) is 0 Å². The molecule has 0 atom stereocenters. The molecule has 0 unspecified atom stereocenters. The van der Waals surface area contributed by atoms with Gasteiger partial charge in [0.1, 0.15) is 10.8 Å². The van der Waals surface area contributed by atoms with Crippen molar-refractivity contribution in [2.24, 2.45) is 0 Å². The number of amides is 2. The normalized spacial score (nSPS) is 14.2. The lowest BCUT2D eigenvalue weighted by Gasteiger charge is -2.35. The minimum absolute atomic E-state index is 0.0820. The number of hydrogen-bond acceptors (Lipinski definition) is 6. The first-order valence-corrected chi connectivity index (χ1v) is 10.4. The summed E-state index contributed by atoms with van der Waals surface area (Å²) in [4.78, 5) is 47.0. The number of hydrogen-bond donors (Lipinski definition) is 2. The number of aliphatic hydroxyl groups is 1. The van der Waals surface area contributed by atoms with Crippen LogP contribution in [0.4, 0.5) is 4.79 Å². The Balaban J connectivity index is 0.00000107. The summed E-state index contributed by atoms with van der Waals surface area (Å²) in [5.41, 5.74) is 0.918. The Hall–Kier alpha value is -2.65. The fourth-order valence-electron chi connectivity index (χ4n) is 2.94. The predicted octanol–water partition coefficient (Wildman–Crippen LogP) is 2.58. The molecule has 2 aromatic rings. The molecule has 1 aliphatic heterocycles. The SMILES string of the molecule is CCO.Cc1cc2nc(Cl)c(C(=O)N3CCN(C(=O)OC(C)(C)C)CC3)cc2[nH]c1=O. The Kier molecular flexibility index (Phi) is 8.02. The number of aromatic amines is 1. The molecule has 1 aliphatic rings. The average molecular weight is 453 g/mol. The maximum Gasteiger partial charge on any atom is 0.410 e. The molecular weight excluding hydrogens is 424 g/mol. The monoisotopic (exact) mass is 452 g/mol. The van der Waals surface area contributed by atoms with Gasteiger partial charge in [0.15, 0.2) is 0 Å². The number of nitrogens with zero attached hydrogens (tertiary/aromatic N) is 3. The van der Waals surface area contributed by atoms with E-state index < -0.39 is 11.7 Å². The van der Waals surface area contributed by atoms with E-state index in [2.05, 4.69) is 9.97 Å². The largest absolute Gasteiger partial charge is 0.444 e. The van der Waals surface area contributed by atoms with Crippen LogP contribution in [0, 0.1) is 6.92 Å². The molecule has 0 bridgehead atoms. The topological polar surface area (TPSA) is 116 Å². The third kappa shape index (κ3) is 6.41. The van der Waals surface area contributed by atoms with E-state index in [9.17, 15) is 14.4 Å². The maximum absolute atomic E-state index is 12.9. The highest BCUT2D eigenvalue weighted by Gasteiger charge is 2.29. The minimum atomic E-state index is -0.566. The van der Waals surface area contributed by atoms with Gasteiger partial charge in [-0.3, -0.25) is 9.59 Å². The van der Waals surface area contributed by atoms with Gasteiger partial charge in [-0.2, -0.15) is 0 Å². The third-order valence-electron chi connectivity index (χ3n) is 4.41. The summed E-state index contributed by atoms with van der Waals surface area (Å²) in [5.74, 6) is -0.287. The van der Waals surface area contributed by atoms with E-state index in [-0.39, 0.29) is 28.8 Å². The predicted molar refractivity (Wildman–Crippen MR) is 119 cm³/mol. The van der Waals surface area contributed by atoms with Gasteiger partial charge in [0.05, 0.1) is 16.6 Å². The van der Waals surface area contributed by atoms with Gasteiger partial charge < -0.3 is 24.6 Å². The van der Waals surface area contributed by atoms with Crippen molar-refractivity contribution in [1.82, 2.24) is 19.8 Å². The summed E-state index contributed by atoms with van der Waals surface area (Å²) >= 11 is 6.23. The zero-order chi connectivity index (χ0) is 23.3. The van der Waals surface area contributed by atoms with E-state index in [4.69, 9.17) is 21.4 Å². The van der Waals surface area contributed by atoms with Crippen LogP contribution in [-0.2, 0) is 4.74 Å². The molecule has 0 spiro atoms. The molecule has 9 nitrogen and oxygen atoms in total. The van der Waals surface area contributed by atoms with Gasteiger partial charge in [0.2, 0.25) is 0 Å². The summed E-state index contributed by atoms with van der Waals surface area (Å²) < 4.78 is 5.36. The van der Waals surface area contributed by atoms with Gasteiger partial charge >= 0.3 is 6.09 Å². The number of H-pyrrole nitrogens is 1. The smallest absolute Gasteiger partial charge is 0.410 e. The van der Waals surface area contributed by atoms with Crippen LogP contribution in [0.1, 0.15) is 43.6 Å². The minimum Gasteiger partial charge on any atom is -0.444 e. The summed E-state index contributed by atoms with van der Waals surface area (Å²) in [6.45, 7) is 10.5. The van der Waals surface area contributed by atoms with E-state index in [0.717, 1.165) is 0 Å². The van der Waals surface area contributed by atoms with Crippen molar-refractivity contribution in [2.45, 2.75) is 40.2 Å². The van der Waals surface area contributed by atoms with Gasteiger partial charge in [-0.1, -0.05) is 11.6 Å². The molecule has 2 amide bonds. The number of halogens is 1. The Morgan fingerprint density at radius 3 is 2.29 bits per heavy atom. The van der Waals surface area contributed by atoms with Crippen LogP contribution in [0.3, 0.4) is 0 Å². The highest BCUT2D eigenvalue weighted by molar-refractivity contribution is 6.33. The second-order valence-corrected chi connectivity index (χ2v) is 8.47. The van der Waals surface area contributed by atoms with Crippen molar-refractivity contribution in [3.63, 3.8) is 0 Å². The number of pyridine rings is 2. The number of piperazine rings is 1. The number of carbonyl (C=O) groups is 2. The molecule has 10 heteroatoms. The molecular formula is C21H29ClN4O5. The number of fused-ring (bicyclic) bond motifs is 1. The first-order valence-electron chi connectivity index (χ1n) is 10.0. The molecule has 1 saturated heterocycles. The lowest BCUT2D eigenvalue weighted by atomic mass is 10.1. The molecule has 3 rings (SSSR count). The van der Waals surface area contributed by atoms with Crippen LogP contribution in [-0.4, -0.2) is 75.3 Å². The number of rotatable bonds is 1. The average Bonchev–Trinajstić information content (AvgIpc) is 2.68. The number of nitrogens with one attached hydrogen (secondary N) is 1. The number of carbonyl (C=O) groups excluding carboxylic acids is 2. The van der Waals surface area contributed by atoms with Gasteiger partial charge in [-0.05, 0) is 46.8 Å². The molecule has 2 N–H and O–H groups in total. The maximum atomic E-state index is 12.9. The second kappa shape index (κ2) is 10.1. The van der Waals surface area contributed by atoms with Crippen molar-refractivity contribution >= 4 is 34.6 Å². The summed E-state index contributed by atoms with van der Waals surface area (Å²) in [6, 6.07) is 3.18. The van der Waals surface area contributed by atoms with Crippen molar-refractivity contribution in [2.75, 3.05) is 32.8 Å². The van der Waals surface area contributed by atoms with Gasteiger partial charge in [0.25, 0.3) is 11.5 Å². The Labute approximate surface area is 186 Å². The van der Waals surface area contributed by atoms with Gasteiger partial charge in [-0.25, -0.2) is 9.78 Å². The fourth-order valence-corrected chi connectivity index (χ4v) is 3.17. The van der Waals surface area contributed by atoms with Crippen LogP contribution < -0.4 is 5.56 Å². The lowest BCUT2D eigenvalue weighted by Crippen LogP contribution is -2.51. The van der Waals surface area contributed by atoms with E-state index in [1.807, 2.05) is 20.8 Å². The van der Waals surface area contributed by atoms with Crippen molar-refractivity contribution < 1.29 is 19.4 Å². The first kappa shape index (κ1) is 24.6. The van der Waals surface area contributed by atoms with Gasteiger partial charge in [-0.15, -0.1) is 0 Å². The summed E-state index contributed by atoms with van der Waals surface area (Å²) in [7, 11) is 0. The molecule has 2 aromatic heterocycles. The number of aromatic nitrogens is 2. The standard InChI is InChI=1S/C19H23ClN4O4.C2H6O/c1-11-9-13-14(22-16(11)25)10-12(15(20)21-13)17(26)23-5-7-24(8-6-23)18(27)28-19(2,3)4;1-2-3/h9-10H,5-8H2,1-4H3,(H,22,25);3H,2H2,1H3. The molecule has 0 radical (unpaired) electrons. The van der Waals surface area contributed by atoms with E-state index in [0.29, 0.717) is 42.8 Å². The lowest BCUT2D eigenvalue weighted by molar-refractivity contribution is 0.0141. The third-order valence-corrected chi connectivity index (χ3v) is 4.70. The summed E-state index contributed by atoms with van der Waals surface area (Å²) in [6.07, 6.45) is -0.391. The highest BCUT2D eigenvalue weighted by atomic mass is 35.5. The van der Waals surface area contributed by atoms with Crippen LogP contribution in [0.2, 0.25) is 5.15 Å². The zero-order valence-corrected chi connectivity index (χ0v) is 19.2. The molecule has 0 aliphatic carbocycles. The Bertz CT molecular complexity index is 1010. The molecule has 0 saturated carbocycles. The van der Waals surface area contributed by atoms with E-state index >= 15 is 0 Å². The Morgan fingerprint density at radius 1 is 1.19 bits per heavy atom. The quantitative estimate of drug-likeness (QED) is 0.642. The first-order chi connectivity index (χ1) is 14.5. The summed E-state index contributed by atoms with van der Waals surface area (Å²) in [5, 5.41) is 7.65.